The molecule has 0 aliphatic carbocycles. The molecule has 2 unspecified atom stereocenters. The molecule has 2 atom stereocenters. The molecule has 7 nitrogen and oxygen atoms in total. The van der Waals surface area contributed by atoms with Crippen LogP contribution in [0.1, 0.15) is 24.3 Å². The van der Waals surface area contributed by atoms with Crippen LogP contribution in [0, 0.1) is 5.92 Å². The standard InChI is InChI=1S/C19H26N6O/c1-26-15-4-2-3-14(11-15)16-12-22-24-18(16)13-6-9-25(10-7-13)19-21-8-5-17(20)23-19/h2-5,8,11,13,16,18,22,24H,6-7,9-10,12H2,1H3,(H2,20,21,23). The minimum absolute atomic E-state index is 0.422. The highest BCUT2D eigenvalue weighted by Gasteiger charge is 2.36. The van der Waals surface area contributed by atoms with Gasteiger partial charge in [-0.05, 0) is 42.5 Å². The molecule has 4 N–H and O–H groups in total. The molecule has 2 aliphatic rings. The van der Waals surface area contributed by atoms with E-state index >= 15 is 0 Å². The average Bonchev–Trinajstić information content (AvgIpc) is 3.18. The van der Waals surface area contributed by atoms with Gasteiger partial charge in [-0.15, -0.1) is 0 Å². The molecule has 2 aliphatic heterocycles. The van der Waals surface area contributed by atoms with Crippen LogP contribution in [0.25, 0.3) is 0 Å². The van der Waals surface area contributed by atoms with E-state index in [-0.39, 0.29) is 0 Å². The first-order valence-electron chi connectivity index (χ1n) is 9.20. The second-order valence-electron chi connectivity index (χ2n) is 7.04. The van der Waals surface area contributed by atoms with Crippen molar-refractivity contribution in [2.45, 2.75) is 24.8 Å². The first-order valence-corrected chi connectivity index (χ1v) is 9.20. The molecule has 0 amide bonds. The van der Waals surface area contributed by atoms with Gasteiger partial charge in [-0.2, -0.15) is 4.98 Å². The van der Waals surface area contributed by atoms with E-state index in [1.54, 1.807) is 19.4 Å². The van der Waals surface area contributed by atoms with Crippen molar-refractivity contribution in [3.05, 3.63) is 42.1 Å². The average molecular weight is 354 g/mol. The molecule has 138 valence electrons. The Hall–Kier alpha value is -2.38. The Labute approximate surface area is 153 Å². The minimum atomic E-state index is 0.422. The number of piperidine rings is 1. The van der Waals surface area contributed by atoms with Crippen LogP contribution in [0.15, 0.2) is 36.5 Å². The molecule has 2 aromatic rings. The number of ether oxygens (including phenoxy) is 1. The minimum Gasteiger partial charge on any atom is -0.497 e. The Morgan fingerprint density at radius 2 is 2.08 bits per heavy atom. The SMILES string of the molecule is COc1cccc(C2CNNC2C2CCN(c3nccc(N)n3)CC2)c1. The van der Waals surface area contributed by atoms with Gasteiger partial charge >= 0.3 is 0 Å². The van der Waals surface area contributed by atoms with Crippen LogP contribution in [0.2, 0.25) is 0 Å². The molecule has 2 saturated heterocycles. The van der Waals surface area contributed by atoms with Crippen molar-refractivity contribution in [3.8, 4) is 5.75 Å². The molecule has 1 aromatic heterocycles. The number of rotatable bonds is 4. The number of methoxy groups -OCH3 is 1. The predicted octanol–water partition coefficient (Wildman–Crippen LogP) is 1.54. The molecule has 0 radical (unpaired) electrons. The summed E-state index contributed by atoms with van der Waals surface area (Å²) >= 11 is 0. The molecule has 2 fully saturated rings. The highest BCUT2D eigenvalue weighted by molar-refractivity contribution is 5.38. The summed E-state index contributed by atoms with van der Waals surface area (Å²) in [5, 5.41) is 0. The second kappa shape index (κ2) is 7.47. The third-order valence-corrected chi connectivity index (χ3v) is 5.54. The number of nitrogens with two attached hydrogens (primary N) is 1. The zero-order valence-electron chi connectivity index (χ0n) is 15.1. The summed E-state index contributed by atoms with van der Waals surface area (Å²) < 4.78 is 5.40. The van der Waals surface area contributed by atoms with Gasteiger partial charge in [0.2, 0.25) is 5.95 Å². The lowest BCUT2D eigenvalue weighted by Gasteiger charge is -2.36. The maximum absolute atomic E-state index is 5.79. The third-order valence-electron chi connectivity index (χ3n) is 5.54. The largest absolute Gasteiger partial charge is 0.497 e. The highest BCUT2D eigenvalue weighted by atomic mass is 16.5. The molecule has 3 heterocycles. The van der Waals surface area contributed by atoms with E-state index in [2.05, 4.69) is 43.9 Å². The van der Waals surface area contributed by atoms with Gasteiger partial charge in [-0.3, -0.25) is 10.9 Å². The van der Waals surface area contributed by atoms with Crippen LogP contribution in [-0.4, -0.2) is 42.8 Å². The Bertz CT molecular complexity index is 746. The van der Waals surface area contributed by atoms with Crippen LogP contribution in [0.4, 0.5) is 11.8 Å². The van der Waals surface area contributed by atoms with Crippen LogP contribution in [0.3, 0.4) is 0 Å². The smallest absolute Gasteiger partial charge is 0.227 e. The van der Waals surface area contributed by atoms with E-state index in [0.717, 1.165) is 44.2 Å². The molecular weight excluding hydrogens is 328 g/mol. The summed E-state index contributed by atoms with van der Waals surface area (Å²) in [6.45, 7) is 2.85. The van der Waals surface area contributed by atoms with Gasteiger partial charge in [0.05, 0.1) is 7.11 Å². The number of nitrogens with one attached hydrogen (secondary N) is 2. The first kappa shape index (κ1) is 17.1. The number of hydrazine groups is 1. The van der Waals surface area contributed by atoms with Crippen LogP contribution in [0.5, 0.6) is 5.75 Å². The lowest BCUT2D eigenvalue weighted by molar-refractivity contribution is 0.294. The summed E-state index contributed by atoms with van der Waals surface area (Å²) in [5.41, 5.74) is 14.0. The Morgan fingerprint density at radius 3 is 2.85 bits per heavy atom. The maximum Gasteiger partial charge on any atom is 0.227 e. The number of hydrogen-bond acceptors (Lipinski definition) is 7. The van der Waals surface area contributed by atoms with Crippen molar-refractivity contribution in [1.29, 1.82) is 0 Å². The molecular formula is C19H26N6O. The van der Waals surface area contributed by atoms with Gasteiger partial charge in [-0.1, -0.05) is 12.1 Å². The van der Waals surface area contributed by atoms with Gasteiger partial charge in [0, 0.05) is 37.8 Å². The predicted molar refractivity (Wildman–Crippen MR) is 102 cm³/mol. The lowest BCUT2D eigenvalue weighted by atomic mass is 9.80. The number of aromatic nitrogens is 2. The normalized spacial score (nSPS) is 24.0. The van der Waals surface area contributed by atoms with E-state index in [4.69, 9.17) is 10.5 Å². The second-order valence-corrected chi connectivity index (χ2v) is 7.04. The van der Waals surface area contributed by atoms with Gasteiger partial charge in [0.1, 0.15) is 11.6 Å². The van der Waals surface area contributed by atoms with E-state index in [9.17, 15) is 0 Å². The van der Waals surface area contributed by atoms with Crippen molar-refractivity contribution in [2.75, 3.05) is 37.4 Å². The fraction of sp³-hybridized carbons (Fsp3) is 0.474. The summed E-state index contributed by atoms with van der Waals surface area (Å²) in [7, 11) is 1.72. The Kier molecular flexibility index (Phi) is 4.90. The number of nitrogen functional groups attached to an aromatic ring is 1. The summed E-state index contributed by atoms with van der Waals surface area (Å²) in [4.78, 5) is 10.9. The van der Waals surface area contributed by atoms with Crippen LogP contribution >= 0.6 is 0 Å². The number of nitrogens with zero attached hydrogens (tertiary/aromatic N) is 3. The molecule has 1 aromatic carbocycles. The summed E-state index contributed by atoms with van der Waals surface area (Å²) in [6, 6.07) is 10.6. The quantitative estimate of drug-likeness (QED) is 0.767. The topological polar surface area (TPSA) is 88.3 Å². The van der Waals surface area contributed by atoms with E-state index in [1.165, 1.54) is 5.56 Å². The zero-order valence-corrected chi connectivity index (χ0v) is 15.1. The van der Waals surface area contributed by atoms with Crippen molar-refractivity contribution in [3.63, 3.8) is 0 Å². The first-order chi connectivity index (χ1) is 12.7. The fourth-order valence-corrected chi connectivity index (χ4v) is 4.13. The van der Waals surface area contributed by atoms with Crippen molar-refractivity contribution in [2.24, 2.45) is 5.92 Å². The monoisotopic (exact) mass is 354 g/mol. The summed E-state index contributed by atoms with van der Waals surface area (Å²) in [6.07, 6.45) is 3.95. The molecule has 0 saturated carbocycles. The van der Waals surface area contributed by atoms with E-state index in [0.29, 0.717) is 23.7 Å². The molecule has 4 rings (SSSR count). The third kappa shape index (κ3) is 3.45. The van der Waals surface area contributed by atoms with Gasteiger partial charge in [0.25, 0.3) is 0 Å². The van der Waals surface area contributed by atoms with Crippen molar-refractivity contribution in [1.82, 2.24) is 20.8 Å². The Balaban J connectivity index is 1.43. The van der Waals surface area contributed by atoms with Crippen LogP contribution in [-0.2, 0) is 0 Å². The van der Waals surface area contributed by atoms with Gasteiger partial charge < -0.3 is 15.4 Å². The molecule has 26 heavy (non-hydrogen) atoms. The van der Waals surface area contributed by atoms with E-state index in [1.807, 2.05) is 6.07 Å². The fourth-order valence-electron chi connectivity index (χ4n) is 4.13. The molecule has 7 heteroatoms. The zero-order chi connectivity index (χ0) is 17.9. The molecule has 0 spiro atoms. The van der Waals surface area contributed by atoms with Gasteiger partial charge in [-0.25, -0.2) is 4.98 Å². The number of benzene rings is 1. The Morgan fingerprint density at radius 1 is 1.23 bits per heavy atom. The van der Waals surface area contributed by atoms with E-state index < -0.39 is 0 Å². The van der Waals surface area contributed by atoms with Crippen molar-refractivity contribution >= 4 is 11.8 Å². The maximum atomic E-state index is 5.79. The highest BCUT2D eigenvalue weighted by Crippen LogP contribution is 2.34. The molecule has 0 bridgehead atoms. The lowest BCUT2D eigenvalue weighted by Crippen LogP contribution is -2.44. The number of anilines is 2. The van der Waals surface area contributed by atoms with Gasteiger partial charge in [0.15, 0.2) is 0 Å². The number of hydrogen-bond donors (Lipinski definition) is 3. The summed E-state index contributed by atoms with van der Waals surface area (Å²) in [5.74, 6) is 3.24. The van der Waals surface area contributed by atoms with Crippen molar-refractivity contribution < 1.29 is 4.74 Å². The van der Waals surface area contributed by atoms with Crippen LogP contribution < -0.4 is 26.2 Å².